The molecule has 0 spiro atoms. The van der Waals surface area contributed by atoms with Crippen LogP contribution in [0.25, 0.3) is 0 Å². The third kappa shape index (κ3) is 1.82. The Bertz CT molecular complexity index is 183. The lowest BCUT2D eigenvalue weighted by atomic mass is 9.82. The Hall–Kier alpha value is -0.470. The number of carbonyl (C=O) groups is 1. The lowest BCUT2D eigenvalue weighted by molar-refractivity contribution is -0.114. The van der Waals surface area contributed by atoms with Gasteiger partial charge in [0.15, 0.2) is 0 Å². The van der Waals surface area contributed by atoms with Gasteiger partial charge in [-0.05, 0) is 19.3 Å². The number of hydrogen-bond acceptors (Lipinski definition) is 1. The molecule has 0 atom stereocenters. The van der Waals surface area contributed by atoms with Gasteiger partial charge in [-0.1, -0.05) is 13.8 Å². The van der Waals surface area contributed by atoms with Crippen molar-refractivity contribution in [3.05, 3.63) is 0 Å². The van der Waals surface area contributed by atoms with Gasteiger partial charge in [0.05, 0.1) is 0 Å². The Morgan fingerprint density at radius 3 is 2.25 bits per heavy atom. The highest BCUT2D eigenvalue weighted by Gasteiger charge is 2.48. The molecule has 70 valence electrons. The van der Waals surface area contributed by atoms with Crippen molar-refractivity contribution in [2.24, 2.45) is 10.8 Å². The number of aldehydes is 1. The molecule has 1 saturated carbocycles. The van der Waals surface area contributed by atoms with Gasteiger partial charge in [0, 0.05) is 10.8 Å². The molecule has 0 N–H and O–H groups in total. The summed E-state index contributed by atoms with van der Waals surface area (Å²) >= 11 is 0. The summed E-state index contributed by atoms with van der Waals surface area (Å²) in [5, 5.41) is 0. The molecule has 1 fully saturated rings. The van der Waals surface area contributed by atoms with Crippen molar-refractivity contribution < 1.29 is 13.6 Å². The average Bonchev–Trinajstić information content (AvgIpc) is 2.68. The van der Waals surface area contributed by atoms with Crippen LogP contribution in [0.4, 0.5) is 8.78 Å². The number of halogens is 2. The number of rotatable bonds is 4. The van der Waals surface area contributed by atoms with E-state index in [0.29, 0.717) is 6.42 Å². The first kappa shape index (κ1) is 9.62. The molecule has 0 saturated heterocycles. The molecular formula is C9H14F2O. The van der Waals surface area contributed by atoms with Crippen LogP contribution in [0.2, 0.25) is 0 Å². The fourth-order valence-electron chi connectivity index (χ4n) is 1.48. The number of hydrogen-bond donors (Lipinski definition) is 0. The third-order valence-corrected chi connectivity index (χ3v) is 2.54. The maximum absolute atomic E-state index is 12.4. The molecule has 0 heterocycles. The topological polar surface area (TPSA) is 17.1 Å². The molecule has 3 heteroatoms. The van der Waals surface area contributed by atoms with Crippen molar-refractivity contribution in [1.29, 1.82) is 0 Å². The summed E-state index contributed by atoms with van der Waals surface area (Å²) in [6, 6.07) is 0. The molecule has 0 unspecified atom stereocenters. The van der Waals surface area contributed by atoms with Crippen LogP contribution in [-0.2, 0) is 4.79 Å². The largest absolute Gasteiger partial charge is 0.303 e. The third-order valence-electron chi connectivity index (χ3n) is 2.54. The first-order chi connectivity index (χ1) is 5.42. The first-order valence-electron chi connectivity index (χ1n) is 4.16. The highest BCUT2D eigenvalue weighted by Crippen LogP contribution is 2.52. The molecule has 0 aromatic rings. The Morgan fingerprint density at radius 1 is 1.50 bits per heavy atom. The zero-order chi connectivity index (χ0) is 9.41. The minimum Gasteiger partial charge on any atom is -0.303 e. The predicted octanol–water partition coefficient (Wildman–Crippen LogP) is 2.65. The molecule has 12 heavy (non-hydrogen) atoms. The van der Waals surface area contributed by atoms with Crippen molar-refractivity contribution in [1.82, 2.24) is 0 Å². The van der Waals surface area contributed by atoms with Crippen molar-refractivity contribution in [3.63, 3.8) is 0 Å². The molecule has 1 aliphatic carbocycles. The molecule has 1 nitrogen and oxygen atoms in total. The number of alkyl halides is 2. The Kier molecular flexibility index (Phi) is 2.23. The minimum atomic E-state index is -2.34. The standard InChI is InChI=1S/C9H14F2O/c1-8(2,7(10)11)5-9(6-12)3-4-9/h6-7H,3-5H2,1-2H3. The van der Waals surface area contributed by atoms with Crippen LogP contribution in [0.1, 0.15) is 33.1 Å². The van der Waals surface area contributed by atoms with Gasteiger partial charge < -0.3 is 4.79 Å². The van der Waals surface area contributed by atoms with Crippen LogP contribution in [0, 0.1) is 10.8 Å². The van der Waals surface area contributed by atoms with Gasteiger partial charge in [-0.3, -0.25) is 0 Å². The quantitative estimate of drug-likeness (QED) is 0.602. The maximum atomic E-state index is 12.4. The normalized spacial score (nSPS) is 21.1. The molecule has 0 amide bonds. The van der Waals surface area contributed by atoms with Crippen LogP contribution in [0.15, 0.2) is 0 Å². The number of carbonyl (C=O) groups excluding carboxylic acids is 1. The monoisotopic (exact) mass is 176 g/mol. The van der Waals surface area contributed by atoms with E-state index in [0.717, 1.165) is 19.1 Å². The Morgan fingerprint density at radius 2 is 2.00 bits per heavy atom. The van der Waals surface area contributed by atoms with Gasteiger partial charge in [-0.2, -0.15) is 0 Å². The first-order valence-corrected chi connectivity index (χ1v) is 4.16. The highest BCUT2D eigenvalue weighted by atomic mass is 19.3. The van der Waals surface area contributed by atoms with E-state index in [9.17, 15) is 13.6 Å². The summed E-state index contributed by atoms with van der Waals surface area (Å²) in [7, 11) is 0. The smallest absolute Gasteiger partial charge is 0.243 e. The van der Waals surface area contributed by atoms with E-state index in [1.807, 2.05) is 0 Å². The molecule has 0 radical (unpaired) electrons. The summed E-state index contributed by atoms with van der Waals surface area (Å²) in [5.74, 6) is 0. The van der Waals surface area contributed by atoms with Crippen LogP contribution >= 0.6 is 0 Å². The van der Waals surface area contributed by atoms with E-state index < -0.39 is 17.3 Å². The maximum Gasteiger partial charge on any atom is 0.243 e. The second-order valence-electron chi connectivity index (χ2n) is 4.45. The second-order valence-corrected chi connectivity index (χ2v) is 4.45. The van der Waals surface area contributed by atoms with E-state index in [1.165, 1.54) is 13.8 Å². The minimum absolute atomic E-state index is 0.321. The summed E-state index contributed by atoms with van der Waals surface area (Å²) in [4.78, 5) is 10.5. The molecule has 0 bridgehead atoms. The highest BCUT2D eigenvalue weighted by molar-refractivity contribution is 5.63. The zero-order valence-electron chi connectivity index (χ0n) is 7.44. The summed E-state index contributed by atoms with van der Waals surface area (Å²) in [6.07, 6.45) is 0.396. The van der Waals surface area contributed by atoms with Crippen molar-refractivity contribution in [2.45, 2.75) is 39.5 Å². The summed E-state index contributed by atoms with van der Waals surface area (Å²) < 4.78 is 24.8. The molecule has 0 aliphatic heterocycles. The lowest BCUT2D eigenvalue weighted by Gasteiger charge is -2.26. The fourth-order valence-corrected chi connectivity index (χ4v) is 1.48. The Balaban J connectivity index is 2.55. The molecule has 0 aromatic heterocycles. The van der Waals surface area contributed by atoms with Gasteiger partial charge in [-0.25, -0.2) is 8.78 Å². The van der Waals surface area contributed by atoms with Crippen molar-refractivity contribution in [2.75, 3.05) is 0 Å². The summed E-state index contributed by atoms with van der Waals surface area (Å²) in [6.45, 7) is 3.03. The van der Waals surface area contributed by atoms with Gasteiger partial charge >= 0.3 is 0 Å². The zero-order valence-corrected chi connectivity index (χ0v) is 7.44. The van der Waals surface area contributed by atoms with Crippen LogP contribution < -0.4 is 0 Å². The Labute approximate surface area is 71.1 Å². The molecule has 1 rings (SSSR count). The van der Waals surface area contributed by atoms with E-state index in [-0.39, 0.29) is 0 Å². The van der Waals surface area contributed by atoms with Crippen LogP contribution in [0.3, 0.4) is 0 Å². The van der Waals surface area contributed by atoms with E-state index in [1.54, 1.807) is 0 Å². The van der Waals surface area contributed by atoms with Crippen molar-refractivity contribution in [3.8, 4) is 0 Å². The van der Waals surface area contributed by atoms with Crippen LogP contribution in [-0.4, -0.2) is 12.7 Å². The van der Waals surface area contributed by atoms with Crippen molar-refractivity contribution >= 4 is 6.29 Å². The van der Waals surface area contributed by atoms with Gasteiger partial charge in [0.25, 0.3) is 0 Å². The van der Waals surface area contributed by atoms with Crippen LogP contribution in [0.5, 0.6) is 0 Å². The SMILES string of the molecule is CC(C)(CC1(C=O)CC1)C(F)F. The van der Waals surface area contributed by atoms with Gasteiger partial charge in [0.2, 0.25) is 6.43 Å². The van der Waals surface area contributed by atoms with Gasteiger partial charge in [0.1, 0.15) is 6.29 Å². The van der Waals surface area contributed by atoms with E-state index in [4.69, 9.17) is 0 Å². The fraction of sp³-hybridized carbons (Fsp3) is 0.889. The average molecular weight is 176 g/mol. The second kappa shape index (κ2) is 2.79. The molecular weight excluding hydrogens is 162 g/mol. The van der Waals surface area contributed by atoms with Gasteiger partial charge in [-0.15, -0.1) is 0 Å². The van der Waals surface area contributed by atoms with E-state index >= 15 is 0 Å². The van der Waals surface area contributed by atoms with E-state index in [2.05, 4.69) is 0 Å². The molecule has 1 aliphatic rings. The lowest BCUT2D eigenvalue weighted by Crippen LogP contribution is -2.26. The predicted molar refractivity (Wildman–Crippen MR) is 42.1 cm³/mol. The summed E-state index contributed by atoms with van der Waals surface area (Å²) in [5.41, 5.74) is -1.42. The molecule has 0 aromatic carbocycles.